The fourth-order valence-electron chi connectivity index (χ4n) is 1.52. The number of benzene rings is 1. The first-order chi connectivity index (χ1) is 7.99. The van der Waals surface area contributed by atoms with Crippen molar-refractivity contribution < 1.29 is 14.3 Å². The van der Waals surface area contributed by atoms with E-state index in [1.54, 1.807) is 25.1 Å². The molecule has 2 aromatic rings. The average molecular weight is 271 g/mol. The zero-order chi connectivity index (χ0) is 12.6. The van der Waals surface area contributed by atoms with Gasteiger partial charge in [-0.3, -0.25) is 0 Å². The van der Waals surface area contributed by atoms with E-state index in [-0.39, 0.29) is 5.56 Å². The van der Waals surface area contributed by atoms with Gasteiger partial charge in [0.25, 0.3) is 0 Å². The molecule has 0 fully saturated rings. The van der Waals surface area contributed by atoms with E-state index in [1.807, 2.05) is 0 Å². The van der Waals surface area contributed by atoms with Gasteiger partial charge in [-0.05, 0) is 31.2 Å². The van der Waals surface area contributed by atoms with Crippen molar-refractivity contribution in [1.29, 1.82) is 0 Å². The number of aryl methyl sites for hydroxylation is 1. The number of halogens is 2. The van der Waals surface area contributed by atoms with E-state index in [4.69, 9.17) is 32.7 Å². The molecule has 0 saturated carbocycles. The van der Waals surface area contributed by atoms with Crippen LogP contribution in [-0.4, -0.2) is 11.1 Å². The van der Waals surface area contributed by atoms with Crippen LogP contribution in [0.4, 0.5) is 0 Å². The summed E-state index contributed by atoms with van der Waals surface area (Å²) in [6.45, 7) is 1.59. The van der Waals surface area contributed by atoms with Crippen LogP contribution in [-0.2, 0) is 0 Å². The molecular formula is C12H8Cl2O3. The SMILES string of the molecule is Cc1oc(-c2ccc(Cl)cc2Cl)cc1C(=O)O. The van der Waals surface area contributed by atoms with Crippen LogP contribution >= 0.6 is 23.2 Å². The third-order valence-corrected chi connectivity index (χ3v) is 2.89. The molecule has 0 aliphatic rings. The van der Waals surface area contributed by atoms with E-state index < -0.39 is 5.97 Å². The van der Waals surface area contributed by atoms with E-state index in [1.165, 1.54) is 6.07 Å². The smallest absolute Gasteiger partial charge is 0.339 e. The summed E-state index contributed by atoms with van der Waals surface area (Å²) in [5.74, 6) is -0.261. The highest BCUT2D eigenvalue weighted by atomic mass is 35.5. The van der Waals surface area contributed by atoms with Gasteiger partial charge in [0, 0.05) is 10.6 Å². The van der Waals surface area contributed by atoms with Gasteiger partial charge in [0.1, 0.15) is 17.1 Å². The molecule has 0 bridgehead atoms. The van der Waals surface area contributed by atoms with Gasteiger partial charge >= 0.3 is 5.97 Å². The molecule has 1 heterocycles. The van der Waals surface area contributed by atoms with Crippen molar-refractivity contribution in [3.8, 4) is 11.3 Å². The lowest BCUT2D eigenvalue weighted by atomic mass is 10.1. The molecule has 1 N–H and O–H groups in total. The maximum Gasteiger partial charge on any atom is 0.339 e. The number of carboxylic acid groups (broad SMARTS) is 1. The largest absolute Gasteiger partial charge is 0.478 e. The lowest BCUT2D eigenvalue weighted by molar-refractivity contribution is 0.0695. The normalized spacial score (nSPS) is 10.5. The van der Waals surface area contributed by atoms with Crippen molar-refractivity contribution >= 4 is 29.2 Å². The molecule has 1 aromatic heterocycles. The molecule has 0 atom stereocenters. The molecule has 0 radical (unpaired) electrons. The van der Waals surface area contributed by atoms with Crippen LogP contribution in [0.25, 0.3) is 11.3 Å². The molecule has 2 rings (SSSR count). The highest BCUT2D eigenvalue weighted by Crippen LogP contribution is 2.32. The number of furan rings is 1. The van der Waals surface area contributed by atoms with Crippen molar-refractivity contribution in [2.45, 2.75) is 6.92 Å². The van der Waals surface area contributed by atoms with Gasteiger partial charge < -0.3 is 9.52 Å². The first-order valence-electron chi connectivity index (χ1n) is 4.78. The second kappa shape index (κ2) is 4.43. The third-order valence-electron chi connectivity index (χ3n) is 2.34. The van der Waals surface area contributed by atoms with Crippen LogP contribution in [0, 0.1) is 6.92 Å². The maximum atomic E-state index is 10.9. The van der Waals surface area contributed by atoms with Gasteiger partial charge in [-0.1, -0.05) is 23.2 Å². The monoisotopic (exact) mass is 270 g/mol. The van der Waals surface area contributed by atoms with Crippen LogP contribution in [0.3, 0.4) is 0 Å². The van der Waals surface area contributed by atoms with Crippen LogP contribution in [0.5, 0.6) is 0 Å². The Morgan fingerprint density at radius 1 is 1.29 bits per heavy atom. The number of hydrogen-bond acceptors (Lipinski definition) is 2. The minimum Gasteiger partial charge on any atom is -0.478 e. The minimum absolute atomic E-state index is 0.131. The Labute approximate surface area is 108 Å². The Bertz CT molecular complexity index is 587. The molecule has 5 heteroatoms. The standard InChI is InChI=1S/C12H8Cl2O3/c1-6-9(12(15)16)5-11(17-6)8-3-2-7(13)4-10(8)14/h2-5H,1H3,(H,15,16). The van der Waals surface area contributed by atoms with Gasteiger partial charge in [0.15, 0.2) is 0 Å². The average Bonchev–Trinajstić information content (AvgIpc) is 2.60. The number of rotatable bonds is 2. The molecule has 3 nitrogen and oxygen atoms in total. The lowest BCUT2D eigenvalue weighted by Crippen LogP contribution is -1.94. The molecule has 0 saturated heterocycles. The summed E-state index contributed by atoms with van der Waals surface area (Å²) in [6, 6.07) is 6.39. The van der Waals surface area contributed by atoms with E-state index in [0.717, 1.165) is 0 Å². The Balaban J connectivity index is 2.53. The first kappa shape index (κ1) is 12.0. The summed E-state index contributed by atoms with van der Waals surface area (Å²) in [7, 11) is 0. The summed E-state index contributed by atoms with van der Waals surface area (Å²) < 4.78 is 5.37. The summed E-state index contributed by atoms with van der Waals surface area (Å²) in [5, 5.41) is 9.86. The van der Waals surface area contributed by atoms with Crippen molar-refractivity contribution in [1.82, 2.24) is 0 Å². The fraction of sp³-hybridized carbons (Fsp3) is 0.0833. The second-order valence-electron chi connectivity index (χ2n) is 3.51. The van der Waals surface area contributed by atoms with E-state index in [0.29, 0.717) is 27.1 Å². The van der Waals surface area contributed by atoms with Crippen LogP contribution in [0.1, 0.15) is 16.1 Å². The Kier molecular flexibility index (Phi) is 3.13. The molecule has 0 unspecified atom stereocenters. The summed E-state index contributed by atoms with van der Waals surface area (Å²) in [5.41, 5.74) is 0.748. The van der Waals surface area contributed by atoms with Crippen molar-refractivity contribution in [3.05, 3.63) is 45.6 Å². The van der Waals surface area contributed by atoms with Gasteiger partial charge in [0.2, 0.25) is 0 Å². The minimum atomic E-state index is -1.03. The van der Waals surface area contributed by atoms with Gasteiger partial charge in [-0.15, -0.1) is 0 Å². The zero-order valence-electron chi connectivity index (χ0n) is 8.83. The van der Waals surface area contributed by atoms with E-state index >= 15 is 0 Å². The van der Waals surface area contributed by atoms with Crippen molar-refractivity contribution in [3.63, 3.8) is 0 Å². The predicted molar refractivity (Wildman–Crippen MR) is 65.9 cm³/mol. The predicted octanol–water partition coefficient (Wildman–Crippen LogP) is 4.26. The molecule has 0 aliphatic carbocycles. The Morgan fingerprint density at radius 2 is 2.00 bits per heavy atom. The van der Waals surface area contributed by atoms with Crippen LogP contribution in [0.2, 0.25) is 10.0 Å². The zero-order valence-corrected chi connectivity index (χ0v) is 10.3. The number of aromatic carboxylic acids is 1. The molecule has 0 aliphatic heterocycles. The molecule has 17 heavy (non-hydrogen) atoms. The Morgan fingerprint density at radius 3 is 2.53 bits per heavy atom. The molecule has 1 aromatic carbocycles. The highest BCUT2D eigenvalue weighted by Gasteiger charge is 2.16. The molecule has 0 amide bonds. The van der Waals surface area contributed by atoms with Crippen LogP contribution < -0.4 is 0 Å². The summed E-state index contributed by atoms with van der Waals surface area (Å²) in [4.78, 5) is 10.9. The van der Waals surface area contributed by atoms with Gasteiger partial charge in [-0.2, -0.15) is 0 Å². The third kappa shape index (κ3) is 2.30. The quantitative estimate of drug-likeness (QED) is 0.887. The van der Waals surface area contributed by atoms with Crippen molar-refractivity contribution in [2.75, 3.05) is 0 Å². The lowest BCUT2D eigenvalue weighted by Gasteiger charge is -2.00. The summed E-state index contributed by atoms with van der Waals surface area (Å²) >= 11 is 11.8. The first-order valence-corrected chi connectivity index (χ1v) is 5.54. The van der Waals surface area contributed by atoms with E-state index in [2.05, 4.69) is 0 Å². The van der Waals surface area contributed by atoms with Gasteiger partial charge in [0.05, 0.1) is 5.02 Å². The highest BCUT2D eigenvalue weighted by molar-refractivity contribution is 6.36. The van der Waals surface area contributed by atoms with E-state index in [9.17, 15) is 4.79 Å². The number of carboxylic acids is 1. The number of hydrogen-bond donors (Lipinski definition) is 1. The fourth-order valence-corrected chi connectivity index (χ4v) is 2.02. The van der Waals surface area contributed by atoms with Crippen molar-refractivity contribution in [2.24, 2.45) is 0 Å². The number of carbonyl (C=O) groups is 1. The molecule has 0 spiro atoms. The van der Waals surface area contributed by atoms with Gasteiger partial charge in [-0.25, -0.2) is 4.79 Å². The van der Waals surface area contributed by atoms with Crippen LogP contribution in [0.15, 0.2) is 28.7 Å². The second-order valence-corrected chi connectivity index (χ2v) is 4.35. The molecule has 88 valence electrons. The summed E-state index contributed by atoms with van der Waals surface area (Å²) in [6.07, 6.45) is 0. The Hall–Kier alpha value is -1.45. The maximum absolute atomic E-state index is 10.9. The topological polar surface area (TPSA) is 50.4 Å². The molecular weight excluding hydrogens is 263 g/mol.